The van der Waals surface area contributed by atoms with Crippen LogP contribution in [0.2, 0.25) is 0 Å². The number of hydrogen-bond donors (Lipinski definition) is 0. The molecule has 1 atom stereocenters. The predicted molar refractivity (Wildman–Crippen MR) is 77.2 cm³/mol. The molecule has 18 heavy (non-hydrogen) atoms. The van der Waals surface area contributed by atoms with Crippen LogP contribution in [-0.2, 0) is 0 Å². The van der Waals surface area contributed by atoms with Gasteiger partial charge in [-0.15, -0.1) is 0 Å². The monoisotopic (exact) mass is 247 g/mol. The van der Waals surface area contributed by atoms with E-state index in [9.17, 15) is 0 Å². The number of aromatic nitrogens is 1. The molecule has 1 aromatic rings. The molecule has 1 aliphatic rings. The van der Waals surface area contributed by atoms with Crippen molar-refractivity contribution in [1.82, 2.24) is 9.88 Å². The molecule has 0 radical (unpaired) electrons. The summed E-state index contributed by atoms with van der Waals surface area (Å²) in [6.45, 7) is 7.87. The van der Waals surface area contributed by atoms with Crippen LogP contribution in [0.5, 0.6) is 0 Å². The van der Waals surface area contributed by atoms with Gasteiger partial charge in [-0.1, -0.05) is 19.9 Å². The molecular formula is C15H25N3. The fourth-order valence-electron chi connectivity index (χ4n) is 2.64. The average Bonchev–Trinajstić information content (AvgIpc) is 2.77. The molecule has 2 rings (SSSR count). The van der Waals surface area contributed by atoms with Gasteiger partial charge in [0, 0.05) is 25.3 Å². The van der Waals surface area contributed by atoms with Crippen LogP contribution in [-0.4, -0.2) is 43.6 Å². The van der Waals surface area contributed by atoms with E-state index < -0.39 is 0 Å². The Kier molecular flexibility index (Phi) is 4.23. The molecular weight excluding hydrogens is 222 g/mol. The quantitative estimate of drug-likeness (QED) is 0.815. The lowest BCUT2D eigenvalue weighted by molar-refractivity contribution is 0.340. The largest absolute Gasteiger partial charge is 0.356 e. The van der Waals surface area contributed by atoms with E-state index in [1.165, 1.54) is 18.7 Å². The molecule has 0 aliphatic carbocycles. The van der Waals surface area contributed by atoms with Crippen LogP contribution in [0.4, 0.5) is 5.82 Å². The van der Waals surface area contributed by atoms with E-state index in [0.717, 1.165) is 24.8 Å². The molecule has 0 spiro atoms. The Balaban J connectivity index is 2.02. The van der Waals surface area contributed by atoms with Gasteiger partial charge in [0.15, 0.2) is 0 Å². The van der Waals surface area contributed by atoms with Crippen LogP contribution in [0.1, 0.15) is 31.9 Å². The highest BCUT2D eigenvalue weighted by Gasteiger charge is 2.23. The summed E-state index contributed by atoms with van der Waals surface area (Å²) in [5.41, 5.74) is 1.20. The lowest BCUT2D eigenvalue weighted by Gasteiger charge is -2.20. The normalized spacial score (nSPS) is 20.1. The fraction of sp³-hybridized carbons (Fsp3) is 0.667. The standard InChI is InChI=1S/C15H25N3/c1-12(2)14-6-5-7-15(16-14)18-9-8-13(11-18)10-17(3)4/h5-7,12-13H,8-11H2,1-4H3. The van der Waals surface area contributed by atoms with E-state index in [0.29, 0.717) is 5.92 Å². The summed E-state index contributed by atoms with van der Waals surface area (Å²) in [6.07, 6.45) is 1.28. The predicted octanol–water partition coefficient (Wildman–Crippen LogP) is 2.59. The van der Waals surface area contributed by atoms with E-state index in [1.807, 2.05) is 0 Å². The van der Waals surface area contributed by atoms with Crippen molar-refractivity contribution >= 4 is 5.82 Å². The summed E-state index contributed by atoms with van der Waals surface area (Å²) in [6, 6.07) is 6.41. The summed E-state index contributed by atoms with van der Waals surface area (Å²) < 4.78 is 0. The van der Waals surface area contributed by atoms with Gasteiger partial charge in [0.1, 0.15) is 5.82 Å². The zero-order valence-corrected chi connectivity index (χ0v) is 12.1. The highest BCUT2D eigenvalue weighted by atomic mass is 15.2. The number of anilines is 1. The van der Waals surface area contributed by atoms with Gasteiger partial charge in [0.2, 0.25) is 0 Å². The van der Waals surface area contributed by atoms with Crippen molar-refractivity contribution in [3.05, 3.63) is 23.9 Å². The Morgan fingerprint density at radius 3 is 2.83 bits per heavy atom. The molecule has 2 heterocycles. The first-order valence-corrected chi connectivity index (χ1v) is 6.93. The maximum Gasteiger partial charge on any atom is 0.128 e. The second kappa shape index (κ2) is 5.70. The molecule has 1 aromatic heterocycles. The van der Waals surface area contributed by atoms with Gasteiger partial charge < -0.3 is 9.80 Å². The molecule has 1 saturated heterocycles. The number of rotatable bonds is 4. The van der Waals surface area contributed by atoms with Crippen LogP contribution < -0.4 is 4.90 Å². The summed E-state index contributed by atoms with van der Waals surface area (Å²) in [5, 5.41) is 0. The van der Waals surface area contributed by atoms with Gasteiger partial charge in [0.05, 0.1) is 0 Å². The third-order valence-corrected chi connectivity index (χ3v) is 3.58. The molecule has 0 N–H and O–H groups in total. The third kappa shape index (κ3) is 3.22. The highest BCUT2D eigenvalue weighted by Crippen LogP contribution is 2.24. The summed E-state index contributed by atoms with van der Waals surface area (Å²) in [7, 11) is 4.31. The van der Waals surface area contributed by atoms with Crippen molar-refractivity contribution in [2.75, 3.05) is 38.6 Å². The van der Waals surface area contributed by atoms with Gasteiger partial charge in [-0.05, 0) is 44.5 Å². The second-order valence-corrected chi connectivity index (χ2v) is 5.94. The molecule has 0 aromatic carbocycles. The maximum absolute atomic E-state index is 4.78. The Hall–Kier alpha value is -1.09. The maximum atomic E-state index is 4.78. The first-order valence-electron chi connectivity index (χ1n) is 6.93. The highest BCUT2D eigenvalue weighted by molar-refractivity contribution is 5.41. The minimum Gasteiger partial charge on any atom is -0.356 e. The van der Waals surface area contributed by atoms with Crippen LogP contribution in [0.15, 0.2) is 18.2 Å². The van der Waals surface area contributed by atoms with Gasteiger partial charge >= 0.3 is 0 Å². The lowest BCUT2D eigenvalue weighted by Crippen LogP contribution is -2.26. The Morgan fingerprint density at radius 2 is 2.17 bits per heavy atom. The molecule has 3 nitrogen and oxygen atoms in total. The Labute approximate surface area is 111 Å². The van der Waals surface area contributed by atoms with Crippen LogP contribution in [0.25, 0.3) is 0 Å². The van der Waals surface area contributed by atoms with Crippen LogP contribution in [0, 0.1) is 5.92 Å². The van der Waals surface area contributed by atoms with Crippen LogP contribution >= 0.6 is 0 Å². The van der Waals surface area contributed by atoms with Crippen molar-refractivity contribution < 1.29 is 0 Å². The molecule has 1 unspecified atom stereocenters. The van der Waals surface area contributed by atoms with Crippen molar-refractivity contribution in [2.45, 2.75) is 26.2 Å². The molecule has 1 fully saturated rings. The zero-order valence-electron chi connectivity index (χ0n) is 12.1. The van der Waals surface area contributed by atoms with E-state index in [4.69, 9.17) is 4.98 Å². The first kappa shape index (κ1) is 13.3. The van der Waals surface area contributed by atoms with Crippen molar-refractivity contribution in [2.24, 2.45) is 5.92 Å². The Morgan fingerprint density at radius 1 is 1.39 bits per heavy atom. The average molecular weight is 247 g/mol. The van der Waals surface area contributed by atoms with E-state index >= 15 is 0 Å². The topological polar surface area (TPSA) is 19.4 Å². The summed E-state index contributed by atoms with van der Waals surface area (Å²) >= 11 is 0. The van der Waals surface area contributed by atoms with Crippen LogP contribution in [0.3, 0.4) is 0 Å². The first-order chi connectivity index (χ1) is 8.56. The van der Waals surface area contributed by atoms with Gasteiger partial charge in [-0.25, -0.2) is 4.98 Å². The fourth-order valence-corrected chi connectivity index (χ4v) is 2.64. The smallest absolute Gasteiger partial charge is 0.128 e. The molecule has 0 bridgehead atoms. The minimum absolute atomic E-state index is 0.505. The van der Waals surface area contributed by atoms with Crippen molar-refractivity contribution in [3.8, 4) is 0 Å². The van der Waals surface area contributed by atoms with Gasteiger partial charge in [0.25, 0.3) is 0 Å². The minimum atomic E-state index is 0.505. The zero-order chi connectivity index (χ0) is 13.1. The third-order valence-electron chi connectivity index (χ3n) is 3.58. The van der Waals surface area contributed by atoms with Crippen molar-refractivity contribution in [3.63, 3.8) is 0 Å². The molecule has 1 aliphatic heterocycles. The molecule has 3 heteroatoms. The van der Waals surface area contributed by atoms with E-state index in [1.54, 1.807) is 0 Å². The van der Waals surface area contributed by atoms with Gasteiger partial charge in [-0.2, -0.15) is 0 Å². The van der Waals surface area contributed by atoms with E-state index in [-0.39, 0.29) is 0 Å². The number of hydrogen-bond acceptors (Lipinski definition) is 3. The van der Waals surface area contributed by atoms with Crippen molar-refractivity contribution in [1.29, 1.82) is 0 Å². The summed E-state index contributed by atoms with van der Waals surface area (Å²) in [4.78, 5) is 9.49. The SMILES string of the molecule is CC(C)c1cccc(N2CCC(CN(C)C)C2)n1. The Bertz CT molecular complexity index is 387. The summed E-state index contributed by atoms with van der Waals surface area (Å²) in [5.74, 6) is 2.44. The van der Waals surface area contributed by atoms with E-state index in [2.05, 4.69) is 55.9 Å². The lowest BCUT2D eigenvalue weighted by atomic mass is 10.1. The second-order valence-electron chi connectivity index (χ2n) is 5.94. The molecule has 0 amide bonds. The number of pyridine rings is 1. The molecule has 0 saturated carbocycles. The van der Waals surface area contributed by atoms with Gasteiger partial charge in [-0.3, -0.25) is 0 Å². The molecule has 100 valence electrons. The number of nitrogens with zero attached hydrogens (tertiary/aromatic N) is 3.